The van der Waals surface area contributed by atoms with E-state index in [2.05, 4.69) is 20.7 Å². The van der Waals surface area contributed by atoms with Crippen molar-refractivity contribution >= 4 is 11.7 Å². The maximum atomic E-state index is 12.3. The van der Waals surface area contributed by atoms with Crippen LogP contribution in [-0.4, -0.2) is 47.1 Å². The zero-order valence-corrected chi connectivity index (χ0v) is 16.8. The highest BCUT2D eigenvalue weighted by Gasteiger charge is 2.22. The average molecular weight is 371 g/mol. The van der Waals surface area contributed by atoms with E-state index in [1.54, 1.807) is 7.05 Å². The Balaban J connectivity index is 1.83. The van der Waals surface area contributed by atoms with Gasteiger partial charge in [0.25, 0.3) is 5.91 Å². The number of hydrogen-bond acceptors (Lipinski definition) is 6. The number of rotatable bonds is 5. The van der Waals surface area contributed by atoms with Crippen molar-refractivity contribution in [3.05, 3.63) is 39.9 Å². The molecule has 146 valence electrons. The second-order valence-electron chi connectivity index (χ2n) is 7.45. The van der Waals surface area contributed by atoms with Crippen LogP contribution in [-0.2, 0) is 19.4 Å². The van der Waals surface area contributed by atoms with E-state index in [0.29, 0.717) is 11.4 Å². The summed E-state index contributed by atoms with van der Waals surface area (Å²) >= 11 is 0. The van der Waals surface area contributed by atoms with Crippen molar-refractivity contribution in [2.24, 2.45) is 0 Å². The number of carbonyl (C=O) groups is 1. The highest BCUT2D eigenvalue weighted by Crippen LogP contribution is 2.24. The summed E-state index contributed by atoms with van der Waals surface area (Å²) in [5, 5.41) is 10.1. The summed E-state index contributed by atoms with van der Waals surface area (Å²) in [4.78, 5) is 19.5. The van der Waals surface area contributed by atoms with Crippen LogP contribution in [0.5, 0.6) is 0 Å². The lowest BCUT2D eigenvalue weighted by Gasteiger charge is -2.19. The number of nitrogens with zero attached hydrogens (tertiary/aromatic N) is 3. The Kier molecular flexibility index (Phi) is 5.79. The molecule has 0 fully saturated rings. The number of pyridine rings is 1. The van der Waals surface area contributed by atoms with Crippen LogP contribution in [0.1, 0.15) is 52.5 Å². The van der Waals surface area contributed by atoms with Gasteiger partial charge in [-0.3, -0.25) is 9.69 Å². The molecule has 0 unspecified atom stereocenters. The minimum Gasteiger partial charge on any atom is -0.367 e. The van der Waals surface area contributed by atoms with Gasteiger partial charge in [-0.05, 0) is 45.7 Å². The molecule has 3 heterocycles. The molecule has 3 rings (SSSR count). The van der Waals surface area contributed by atoms with Crippen molar-refractivity contribution in [1.82, 2.24) is 20.4 Å². The zero-order valence-electron chi connectivity index (χ0n) is 16.8. The van der Waals surface area contributed by atoms with Crippen LogP contribution in [0.15, 0.2) is 10.6 Å². The maximum Gasteiger partial charge on any atom is 0.254 e. The monoisotopic (exact) mass is 371 g/mol. The fourth-order valence-corrected chi connectivity index (χ4v) is 3.48. The van der Waals surface area contributed by atoms with Gasteiger partial charge in [0, 0.05) is 50.4 Å². The number of hydrogen-bond donors (Lipinski definition) is 2. The molecule has 1 aliphatic rings. The molecule has 0 aromatic carbocycles. The largest absolute Gasteiger partial charge is 0.367 e. The Hall–Kier alpha value is -2.41. The molecule has 0 aliphatic carbocycles. The van der Waals surface area contributed by atoms with Crippen LogP contribution in [0.3, 0.4) is 0 Å². The van der Waals surface area contributed by atoms with Crippen LogP contribution in [0, 0.1) is 13.8 Å². The van der Waals surface area contributed by atoms with Gasteiger partial charge < -0.3 is 15.2 Å². The second kappa shape index (κ2) is 8.08. The van der Waals surface area contributed by atoms with Crippen molar-refractivity contribution in [3.8, 4) is 0 Å². The summed E-state index contributed by atoms with van der Waals surface area (Å²) < 4.78 is 5.30. The molecule has 0 radical (unpaired) electrons. The lowest BCUT2D eigenvalue weighted by Crippen LogP contribution is -2.26. The number of fused-ring (bicyclic) bond motifs is 1. The van der Waals surface area contributed by atoms with Crippen LogP contribution < -0.4 is 10.6 Å². The van der Waals surface area contributed by atoms with Gasteiger partial charge in [0.15, 0.2) is 0 Å². The Morgan fingerprint density at radius 3 is 2.67 bits per heavy atom. The molecule has 7 heteroatoms. The summed E-state index contributed by atoms with van der Waals surface area (Å²) in [7, 11) is 1.65. The van der Waals surface area contributed by atoms with Crippen LogP contribution in [0.2, 0.25) is 0 Å². The van der Waals surface area contributed by atoms with Crippen molar-refractivity contribution in [3.63, 3.8) is 0 Å². The molecule has 27 heavy (non-hydrogen) atoms. The van der Waals surface area contributed by atoms with Gasteiger partial charge in [0.05, 0.1) is 11.3 Å². The summed E-state index contributed by atoms with van der Waals surface area (Å²) in [5.74, 6) is 1.45. The highest BCUT2D eigenvalue weighted by molar-refractivity contribution is 5.98. The first-order chi connectivity index (χ1) is 12.9. The Bertz CT molecular complexity index is 809. The van der Waals surface area contributed by atoms with Crippen LogP contribution in [0.4, 0.5) is 5.82 Å². The standard InChI is InChI=1S/C20H29N5O2/c1-12(2)22-19-16(20(26)21-5)10-15-6-8-25(9-7-18(15)23-19)11-17-13(3)24-27-14(17)4/h10,12H,6-9,11H2,1-5H3,(H,21,26)(H,22,23). The lowest BCUT2D eigenvalue weighted by molar-refractivity contribution is 0.0963. The van der Waals surface area contributed by atoms with Crippen molar-refractivity contribution in [2.45, 2.75) is 53.1 Å². The molecule has 2 aromatic rings. The van der Waals surface area contributed by atoms with Crippen molar-refractivity contribution in [1.29, 1.82) is 0 Å². The fraction of sp³-hybridized carbons (Fsp3) is 0.550. The van der Waals surface area contributed by atoms with Crippen molar-refractivity contribution in [2.75, 3.05) is 25.5 Å². The van der Waals surface area contributed by atoms with Crippen LogP contribution in [0.25, 0.3) is 0 Å². The van der Waals surface area contributed by atoms with Gasteiger partial charge in [-0.25, -0.2) is 4.98 Å². The topological polar surface area (TPSA) is 83.3 Å². The minimum absolute atomic E-state index is 0.106. The number of amides is 1. The summed E-state index contributed by atoms with van der Waals surface area (Å²) in [6, 6.07) is 2.21. The van der Waals surface area contributed by atoms with E-state index in [1.165, 1.54) is 5.56 Å². The number of carbonyl (C=O) groups excluding carboxylic acids is 1. The van der Waals surface area contributed by atoms with Crippen molar-refractivity contribution < 1.29 is 9.32 Å². The molecule has 0 saturated carbocycles. The molecular weight excluding hydrogens is 342 g/mol. The predicted molar refractivity (Wildman–Crippen MR) is 105 cm³/mol. The Labute approximate surface area is 160 Å². The smallest absolute Gasteiger partial charge is 0.254 e. The van der Waals surface area contributed by atoms with Gasteiger partial charge in [-0.15, -0.1) is 0 Å². The molecule has 1 aliphatic heterocycles. The number of anilines is 1. The van der Waals surface area contributed by atoms with Gasteiger partial charge in [0.2, 0.25) is 0 Å². The third-order valence-corrected chi connectivity index (χ3v) is 5.01. The maximum absolute atomic E-state index is 12.3. The van der Waals surface area contributed by atoms with E-state index in [-0.39, 0.29) is 11.9 Å². The van der Waals surface area contributed by atoms with Crippen LogP contribution >= 0.6 is 0 Å². The normalized spacial score (nSPS) is 14.7. The molecule has 0 spiro atoms. The molecule has 0 bridgehead atoms. The Morgan fingerprint density at radius 1 is 1.30 bits per heavy atom. The third kappa shape index (κ3) is 4.30. The minimum atomic E-state index is -0.106. The molecule has 7 nitrogen and oxygen atoms in total. The predicted octanol–water partition coefficient (Wildman–Crippen LogP) is 2.47. The van der Waals surface area contributed by atoms with E-state index < -0.39 is 0 Å². The average Bonchev–Trinajstić information content (AvgIpc) is 2.83. The lowest BCUT2D eigenvalue weighted by atomic mass is 10.0. The molecule has 1 amide bonds. The summed E-state index contributed by atoms with van der Waals surface area (Å²) in [6.07, 6.45) is 1.73. The third-order valence-electron chi connectivity index (χ3n) is 5.01. The SMILES string of the molecule is CNC(=O)c1cc2c(nc1NC(C)C)CCN(Cc1c(C)noc1C)CC2. The Morgan fingerprint density at radius 2 is 2.04 bits per heavy atom. The molecule has 0 saturated heterocycles. The van der Waals surface area contributed by atoms with Gasteiger partial charge in [0.1, 0.15) is 11.6 Å². The summed E-state index contributed by atoms with van der Waals surface area (Å²) in [5.41, 5.74) is 4.97. The molecular formula is C20H29N5O2. The van der Waals surface area contributed by atoms with Gasteiger partial charge >= 0.3 is 0 Å². The molecule has 0 atom stereocenters. The molecule has 2 aromatic heterocycles. The number of aryl methyl sites for hydroxylation is 2. The van der Waals surface area contributed by atoms with E-state index >= 15 is 0 Å². The fourth-order valence-electron chi connectivity index (χ4n) is 3.48. The summed E-state index contributed by atoms with van der Waals surface area (Å²) in [6.45, 7) is 10.7. The van der Waals surface area contributed by atoms with E-state index in [9.17, 15) is 4.79 Å². The first kappa shape index (κ1) is 19.4. The number of nitrogens with one attached hydrogen (secondary N) is 2. The highest BCUT2D eigenvalue weighted by atomic mass is 16.5. The first-order valence-electron chi connectivity index (χ1n) is 9.54. The zero-order chi connectivity index (χ0) is 19.6. The van der Waals surface area contributed by atoms with Gasteiger partial charge in [-0.1, -0.05) is 5.16 Å². The first-order valence-corrected chi connectivity index (χ1v) is 9.54. The number of aromatic nitrogens is 2. The van der Waals surface area contributed by atoms with E-state index in [0.717, 1.165) is 55.2 Å². The van der Waals surface area contributed by atoms with Gasteiger partial charge in [-0.2, -0.15) is 0 Å². The quantitative estimate of drug-likeness (QED) is 0.840. The van der Waals surface area contributed by atoms with E-state index in [1.807, 2.05) is 33.8 Å². The molecule has 2 N–H and O–H groups in total. The second-order valence-corrected chi connectivity index (χ2v) is 7.45. The van der Waals surface area contributed by atoms with E-state index in [4.69, 9.17) is 9.51 Å².